The number of piperazine rings is 1. The number of hydrogen-bond donors (Lipinski definition) is 0. The molecule has 7 nitrogen and oxygen atoms in total. The molecule has 0 N–H and O–H groups in total. The fourth-order valence-electron chi connectivity index (χ4n) is 4.24. The van der Waals surface area contributed by atoms with E-state index >= 15 is 0 Å². The zero-order valence-corrected chi connectivity index (χ0v) is 19.4. The number of carbonyl (C=O) groups is 1. The van der Waals surface area contributed by atoms with E-state index in [9.17, 15) is 9.18 Å². The Balaban J connectivity index is 1.45. The lowest BCUT2D eigenvalue weighted by Crippen LogP contribution is -2.49. The third kappa shape index (κ3) is 4.11. The van der Waals surface area contributed by atoms with E-state index in [4.69, 9.17) is 9.97 Å². The number of aromatic nitrogens is 4. The number of carbonyl (C=O) groups excluding carboxylic acids is 1. The van der Waals surface area contributed by atoms with Crippen molar-refractivity contribution in [2.45, 2.75) is 26.2 Å². The van der Waals surface area contributed by atoms with Crippen LogP contribution in [0.2, 0.25) is 0 Å². The van der Waals surface area contributed by atoms with Crippen LogP contribution in [0.4, 0.5) is 10.2 Å². The predicted molar refractivity (Wildman–Crippen MR) is 130 cm³/mol. The van der Waals surface area contributed by atoms with E-state index in [0.29, 0.717) is 31.7 Å². The molecule has 1 atom stereocenters. The maximum Gasteiger partial charge on any atom is 0.254 e. The minimum atomic E-state index is -0.402. The van der Waals surface area contributed by atoms with Gasteiger partial charge in [0.25, 0.3) is 5.91 Å². The van der Waals surface area contributed by atoms with Crippen LogP contribution in [-0.4, -0.2) is 56.7 Å². The maximum absolute atomic E-state index is 13.6. The molecule has 0 radical (unpaired) electrons. The van der Waals surface area contributed by atoms with Crippen LogP contribution in [0.3, 0.4) is 0 Å². The molecule has 8 heteroatoms. The van der Waals surface area contributed by atoms with Crippen LogP contribution in [0.5, 0.6) is 0 Å². The number of rotatable bonds is 5. The molecule has 0 aliphatic carbocycles. The smallest absolute Gasteiger partial charge is 0.254 e. The van der Waals surface area contributed by atoms with Crippen molar-refractivity contribution in [1.82, 2.24) is 24.6 Å². The molecule has 5 rings (SSSR count). The van der Waals surface area contributed by atoms with Crippen molar-refractivity contribution in [3.8, 4) is 5.69 Å². The van der Waals surface area contributed by atoms with Gasteiger partial charge in [0.15, 0.2) is 5.65 Å². The van der Waals surface area contributed by atoms with Gasteiger partial charge in [-0.15, -0.1) is 0 Å². The second-order valence-corrected chi connectivity index (χ2v) is 8.63. The van der Waals surface area contributed by atoms with Gasteiger partial charge >= 0.3 is 0 Å². The van der Waals surface area contributed by atoms with E-state index in [1.54, 1.807) is 17.0 Å². The Morgan fingerprint density at radius 3 is 2.50 bits per heavy atom. The van der Waals surface area contributed by atoms with Crippen molar-refractivity contribution in [2.24, 2.45) is 0 Å². The lowest BCUT2D eigenvalue weighted by atomic mass is 10.1. The van der Waals surface area contributed by atoms with E-state index in [1.807, 2.05) is 41.2 Å². The van der Waals surface area contributed by atoms with E-state index < -0.39 is 5.82 Å². The van der Waals surface area contributed by atoms with Gasteiger partial charge in [-0.1, -0.05) is 38.1 Å². The summed E-state index contributed by atoms with van der Waals surface area (Å²) < 4.78 is 15.4. The van der Waals surface area contributed by atoms with Crippen molar-refractivity contribution in [2.75, 3.05) is 31.1 Å². The predicted octanol–water partition coefficient (Wildman–Crippen LogP) is 4.43. The molecule has 0 unspecified atom stereocenters. The highest BCUT2D eigenvalue weighted by Crippen LogP contribution is 2.29. The molecule has 0 spiro atoms. The van der Waals surface area contributed by atoms with Gasteiger partial charge in [-0.25, -0.2) is 19.0 Å². The van der Waals surface area contributed by atoms with Crippen molar-refractivity contribution < 1.29 is 9.18 Å². The lowest BCUT2D eigenvalue weighted by molar-refractivity contribution is 0.0746. The fourth-order valence-corrected chi connectivity index (χ4v) is 4.24. The Kier molecular flexibility index (Phi) is 5.96. The van der Waals surface area contributed by atoms with E-state index in [1.165, 1.54) is 12.1 Å². The summed E-state index contributed by atoms with van der Waals surface area (Å²) in [5, 5.41) is 5.52. The number of amides is 1. The summed E-state index contributed by atoms with van der Waals surface area (Å²) in [6.07, 6.45) is 2.75. The lowest BCUT2D eigenvalue weighted by Gasteiger charge is -2.36. The molecule has 174 valence electrons. The highest BCUT2D eigenvalue weighted by Gasteiger charge is 2.26. The second kappa shape index (κ2) is 9.21. The third-order valence-electron chi connectivity index (χ3n) is 6.42. The van der Waals surface area contributed by atoms with Crippen molar-refractivity contribution in [3.63, 3.8) is 0 Å². The van der Waals surface area contributed by atoms with Gasteiger partial charge in [0.05, 0.1) is 17.3 Å². The van der Waals surface area contributed by atoms with Crippen LogP contribution in [0, 0.1) is 5.82 Å². The monoisotopic (exact) mass is 458 g/mol. The molecular weight excluding hydrogens is 431 g/mol. The number of fused-ring (bicyclic) bond motifs is 1. The molecule has 1 aliphatic heterocycles. The minimum absolute atomic E-state index is 0.149. The first-order valence-corrected chi connectivity index (χ1v) is 11.7. The van der Waals surface area contributed by atoms with Crippen LogP contribution in [0.15, 0.2) is 60.8 Å². The standard InChI is InChI=1S/C26H27FN6O/c1-3-18(2)23-29-24(22-17-28-33(25(22)30-23)21-10-5-4-6-11-21)31-12-14-32(15-13-31)26(34)19-8-7-9-20(27)16-19/h4-11,16-18H,3,12-15H2,1-2H3/t18-/m1/s1. The summed E-state index contributed by atoms with van der Waals surface area (Å²) in [5.74, 6) is 1.30. The summed E-state index contributed by atoms with van der Waals surface area (Å²) in [6.45, 7) is 6.58. The Bertz CT molecular complexity index is 1310. The molecule has 34 heavy (non-hydrogen) atoms. The zero-order chi connectivity index (χ0) is 23.7. The molecule has 1 saturated heterocycles. The van der Waals surface area contributed by atoms with E-state index in [-0.39, 0.29) is 11.8 Å². The average molecular weight is 459 g/mol. The number of benzene rings is 2. The van der Waals surface area contributed by atoms with Crippen molar-refractivity contribution in [1.29, 1.82) is 0 Å². The fraction of sp³-hybridized carbons (Fsp3) is 0.308. The summed E-state index contributed by atoms with van der Waals surface area (Å²) in [7, 11) is 0. The molecule has 4 aromatic rings. The highest BCUT2D eigenvalue weighted by molar-refractivity contribution is 5.94. The molecule has 1 amide bonds. The minimum Gasteiger partial charge on any atom is -0.352 e. The third-order valence-corrected chi connectivity index (χ3v) is 6.42. The summed E-state index contributed by atoms with van der Waals surface area (Å²) in [4.78, 5) is 26.7. The Labute approximate surface area is 197 Å². The van der Waals surface area contributed by atoms with Crippen LogP contribution < -0.4 is 4.90 Å². The number of anilines is 1. The normalized spacial score (nSPS) is 15.0. The van der Waals surface area contributed by atoms with E-state index in [2.05, 4.69) is 23.8 Å². The van der Waals surface area contributed by atoms with Gasteiger partial charge in [-0.3, -0.25) is 4.79 Å². The Morgan fingerprint density at radius 2 is 1.79 bits per heavy atom. The summed E-state index contributed by atoms with van der Waals surface area (Å²) >= 11 is 0. The van der Waals surface area contributed by atoms with Crippen LogP contribution in [-0.2, 0) is 0 Å². The van der Waals surface area contributed by atoms with Crippen LogP contribution in [0.1, 0.15) is 42.4 Å². The molecular formula is C26H27FN6O. The highest BCUT2D eigenvalue weighted by atomic mass is 19.1. The van der Waals surface area contributed by atoms with Gasteiger partial charge in [0.1, 0.15) is 17.5 Å². The molecule has 0 bridgehead atoms. The molecule has 2 aromatic carbocycles. The SMILES string of the molecule is CC[C@@H](C)c1nc(N2CCN(C(=O)c3cccc(F)c3)CC2)c2cnn(-c3ccccc3)c2n1. The molecule has 3 heterocycles. The topological polar surface area (TPSA) is 67.2 Å². The van der Waals surface area contributed by atoms with Crippen molar-refractivity contribution >= 4 is 22.8 Å². The number of para-hydroxylation sites is 1. The zero-order valence-electron chi connectivity index (χ0n) is 19.4. The number of hydrogen-bond acceptors (Lipinski definition) is 5. The first kappa shape index (κ1) is 22.0. The average Bonchev–Trinajstić information content (AvgIpc) is 3.32. The van der Waals surface area contributed by atoms with Gasteiger partial charge in [-0.2, -0.15) is 5.10 Å². The Hall–Kier alpha value is -3.81. The van der Waals surface area contributed by atoms with Gasteiger partial charge < -0.3 is 9.80 Å². The first-order chi connectivity index (χ1) is 16.5. The van der Waals surface area contributed by atoms with Crippen LogP contribution >= 0.6 is 0 Å². The van der Waals surface area contributed by atoms with E-state index in [0.717, 1.165) is 34.8 Å². The van der Waals surface area contributed by atoms with Crippen molar-refractivity contribution in [3.05, 3.63) is 78.0 Å². The van der Waals surface area contributed by atoms with Gasteiger partial charge in [0.2, 0.25) is 0 Å². The summed E-state index contributed by atoms with van der Waals surface area (Å²) in [6, 6.07) is 15.8. The van der Waals surface area contributed by atoms with Crippen LogP contribution in [0.25, 0.3) is 16.7 Å². The quantitative estimate of drug-likeness (QED) is 0.443. The molecule has 1 aliphatic rings. The number of nitrogens with zero attached hydrogens (tertiary/aromatic N) is 6. The molecule has 1 fully saturated rings. The van der Waals surface area contributed by atoms with Gasteiger partial charge in [-0.05, 0) is 36.8 Å². The summed E-state index contributed by atoms with van der Waals surface area (Å²) in [5.41, 5.74) is 2.11. The maximum atomic E-state index is 13.6. The largest absolute Gasteiger partial charge is 0.352 e. The number of halogens is 1. The molecule has 0 saturated carbocycles. The Morgan fingerprint density at radius 1 is 1.03 bits per heavy atom. The van der Waals surface area contributed by atoms with Gasteiger partial charge in [0, 0.05) is 37.7 Å². The second-order valence-electron chi connectivity index (χ2n) is 8.63. The molecule has 2 aromatic heterocycles. The first-order valence-electron chi connectivity index (χ1n) is 11.7.